The van der Waals surface area contributed by atoms with Crippen LogP contribution in [0, 0.1) is 0 Å². The van der Waals surface area contributed by atoms with E-state index < -0.39 is 0 Å². The van der Waals surface area contributed by atoms with Crippen LogP contribution in [0.25, 0.3) is 0 Å². The Morgan fingerprint density at radius 2 is 2.14 bits per heavy atom. The Morgan fingerprint density at radius 1 is 1.27 bits per heavy atom. The van der Waals surface area contributed by atoms with E-state index in [1.165, 1.54) is 11.1 Å². The zero-order valence-corrected chi connectivity index (χ0v) is 13.5. The number of hydrogen-bond donors (Lipinski definition) is 0. The highest BCUT2D eigenvalue weighted by Gasteiger charge is 2.25. The number of benzene rings is 1. The lowest BCUT2D eigenvalue weighted by Crippen LogP contribution is -2.17. The number of imidazole rings is 1. The zero-order chi connectivity index (χ0) is 15.5. The van der Waals surface area contributed by atoms with Crippen LogP contribution in [0.15, 0.2) is 36.9 Å². The second-order valence-electron chi connectivity index (χ2n) is 6.22. The molecule has 0 fully saturated rings. The highest BCUT2D eigenvalue weighted by molar-refractivity contribution is 6.00. The Kier molecular flexibility index (Phi) is 4.41. The van der Waals surface area contributed by atoms with Gasteiger partial charge in [-0.05, 0) is 30.4 Å². The monoisotopic (exact) mass is 296 g/mol. The smallest absolute Gasteiger partial charge is 0.163 e. The molecule has 0 aliphatic heterocycles. The molecule has 0 bridgehead atoms. The van der Waals surface area contributed by atoms with Crippen LogP contribution in [0.5, 0.6) is 0 Å². The molecule has 2 unspecified atom stereocenters. The third kappa shape index (κ3) is 2.72. The first-order valence-corrected chi connectivity index (χ1v) is 8.38. The number of aromatic nitrogens is 2. The summed E-state index contributed by atoms with van der Waals surface area (Å²) < 4.78 is 2.23. The van der Waals surface area contributed by atoms with Gasteiger partial charge in [0.05, 0.1) is 6.33 Å². The quantitative estimate of drug-likeness (QED) is 0.784. The maximum atomic E-state index is 11.8. The van der Waals surface area contributed by atoms with Crippen LogP contribution in [-0.4, -0.2) is 15.3 Å². The summed E-state index contributed by atoms with van der Waals surface area (Å²) in [5, 5.41) is 0. The maximum Gasteiger partial charge on any atom is 0.163 e. The predicted octanol–water partition coefficient (Wildman–Crippen LogP) is 4.55. The number of carbonyl (C=O) groups excluding carboxylic acids is 1. The van der Waals surface area contributed by atoms with Crippen molar-refractivity contribution in [1.29, 1.82) is 0 Å². The van der Waals surface area contributed by atoms with Crippen LogP contribution >= 0.6 is 0 Å². The molecule has 2 atom stereocenters. The van der Waals surface area contributed by atoms with Crippen molar-refractivity contribution in [2.75, 3.05) is 0 Å². The lowest BCUT2D eigenvalue weighted by atomic mass is 9.85. The predicted molar refractivity (Wildman–Crippen MR) is 88.3 cm³/mol. The van der Waals surface area contributed by atoms with Crippen molar-refractivity contribution < 1.29 is 4.79 Å². The summed E-state index contributed by atoms with van der Waals surface area (Å²) in [7, 11) is 0. The van der Waals surface area contributed by atoms with Gasteiger partial charge in [-0.25, -0.2) is 4.98 Å². The van der Waals surface area contributed by atoms with Crippen molar-refractivity contribution in [1.82, 2.24) is 9.55 Å². The molecule has 3 heteroatoms. The minimum atomic E-state index is 0.301. The fourth-order valence-corrected chi connectivity index (χ4v) is 3.77. The lowest BCUT2D eigenvalue weighted by Gasteiger charge is -2.28. The van der Waals surface area contributed by atoms with Gasteiger partial charge in [0, 0.05) is 36.3 Å². The fourth-order valence-electron chi connectivity index (χ4n) is 3.77. The van der Waals surface area contributed by atoms with E-state index in [2.05, 4.69) is 41.7 Å². The highest BCUT2D eigenvalue weighted by Crippen LogP contribution is 2.37. The molecule has 0 saturated carbocycles. The summed E-state index contributed by atoms with van der Waals surface area (Å²) in [5.74, 6) is 0.778. The minimum Gasteiger partial charge on any atom is -0.334 e. The molecule has 3 nitrogen and oxygen atoms in total. The first-order chi connectivity index (χ1) is 10.7. The van der Waals surface area contributed by atoms with Gasteiger partial charge in [0.15, 0.2) is 5.78 Å². The van der Waals surface area contributed by atoms with E-state index in [4.69, 9.17) is 0 Å². The molecule has 1 aliphatic carbocycles. The van der Waals surface area contributed by atoms with Crippen molar-refractivity contribution in [3.05, 3.63) is 53.6 Å². The highest BCUT2D eigenvalue weighted by atomic mass is 16.1. The van der Waals surface area contributed by atoms with Crippen molar-refractivity contribution in [3.8, 4) is 0 Å². The van der Waals surface area contributed by atoms with E-state index in [1.807, 2.05) is 18.6 Å². The molecule has 22 heavy (non-hydrogen) atoms. The number of nitrogens with zero attached hydrogens (tertiary/aromatic N) is 2. The van der Waals surface area contributed by atoms with E-state index >= 15 is 0 Å². The summed E-state index contributed by atoms with van der Waals surface area (Å²) in [6, 6.07) is 6.92. The molecule has 3 rings (SSSR count). The molecular weight excluding hydrogens is 272 g/mol. The topological polar surface area (TPSA) is 34.9 Å². The molecule has 0 radical (unpaired) electrons. The maximum absolute atomic E-state index is 11.8. The molecule has 0 spiro atoms. The van der Waals surface area contributed by atoms with Crippen molar-refractivity contribution in [2.45, 2.75) is 57.9 Å². The van der Waals surface area contributed by atoms with E-state index in [1.54, 1.807) is 0 Å². The van der Waals surface area contributed by atoms with Crippen LogP contribution in [0.3, 0.4) is 0 Å². The van der Waals surface area contributed by atoms with Crippen molar-refractivity contribution in [3.63, 3.8) is 0 Å². The van der Waals surface area contributed by atoms with Gasteiger partial charge < -0.3 is 4.57 Å². The van der Waals surface area contributed by atoms with E-state index in [-0.39, 0.29) is 0 Å². The first-order valence-electron chi connectivity index (χ1n) is 8.38. The number of aryl methyl sites for hydroxylation is 1. The van der Waals surface area contributed by atoms with Crippen LogP contribution in [0.1, 0.15) is 73.0 Å². The number of Topliss-reactive ketones (excluding diaryl/α,β-unsaturated/α-hetero) is 1. The number of rotatable bonds is 6. The summed E-state index contributed by atoms with van der Waals surface area (Å²) in [6.07, 6.45) is 10.8. The fraction of sp³-hybridized carbons (Fsp3) is 0.474. The summed E-state index contributed by atoms with van der Waals surface area (Å²) in [6.45, 7) is 4.48. The number of fused-ring (bicyclic) bond motifs is 1. The first kappa shape index (κ1) is 15.0. The SMILES string of the molecule is CCCC(c1ccc2c(c1)CCC2=O)C(CC)n1ccnc1. The number of ketones is 1. The minimum absolute atomic E-state index is 0.301. The van der Waals surface area contributed by atoms with E-state index in [0.29, 0.717) is 24.2 Å². The van der Waals surface area contributed by atoms with Crippen LogP contribution in [-0.2, 0) is 6.42 Å². The molecule has 1 aromatic carbocycles. The third-order valence-corrected chi connectivity index (χ3v) is 4.87. The number of carbonyl (C=O) groups is 1. The summed E-state index contributed by atoms with van der Waals surface area (Å²) in [5.41, 5.74) is 3.55. The van der Waals surface area contributed by atoms with Gasteiger partial charge in [-0.2, -0.15) is 0 Å². The summed E-state index contributed by atoms with van der Waals surface area (Å²) >= 11 is 0. The Bertz CT molecular complexity index is 645. The van der Waals surface area contributed by atoms with E-state index in [0.717, 1.165) is 31.2 Å². The molecule has 1 heterocycles. The molecule has 0 N–H and O–H groups in total. The molecule has 1 aromatic heterocycles. The Hall–Kier alpha value is -1.90. The van der Waals surface area contributed by atoms with Gasteiger partial charge in [-0.1, -0.05) is 38.5 Å². The molecule has 2 aromatic rings. The standard InChI is InChI=1S/C19H24N2O/c1-3-5-16(18(4-2)21-11-10-20-13-21)14-6-8-17-15(12-14)7-9-19(17)22/h6,8,10-13,16,18H,3-5,7,9H2,1-2H3. The van der Waals surface area contributed by atoms with Crippen LogP contribution < -0.4 is 0 Å². The van der Waals surface area contributed by atoms with Gasteiger partial charge in [-0.15, -0.1) is 0 Å². The molecule has 0 saturated heterocycles. The summed E-state index contributed by atoms with van der Waals surface area (Å²) in [4.78, 5) is 16.1. The Labute approximate surface area is 132 Å². The van der Waals surface area contributed by atoms with Crippen LogP contribution in [0.4, 0.5) is 0 Å². The molecule has 0 amide bonds. The third-order valence-electron chi connectivity index (χ3n) is 4.87. The average molecular weight is 296 g/mol. The Morgan fingerprint density at radius 3 is 2.82 bits per heavy atom. The largest absolute Gasteiger partial charge is 0.334 e. The normalized spacial score (nSPS) is 16.5. The van der Waals surface area contributed by atoms with E-state index in [9.17, 15) is 4.79 Å². The van der Waals surface area contributed by atoms with Crippen LogP contribution in [0.2, 0.25) is 0 Å². The zero-order valence-electron chi connectivity index (χ0n) is 13.5. The molecular formula is C19H24N2O. The van der Waals surface area contributed by atoms with Gasteiger partial charge in [0.1, 0.15) is 0 Å². The molecule has 1 aliphatic rings. The molecule has 116 valence electrons. The number of hydrogen-bond acceptors (Lipinski definition) is 2. The van der Waals surface area contributed by atoms with Crippen molar-refractivity contribution in [2.24, 2.45) is 0 Å². The van der Waals surface area contributed by atoms with Crippen molar-refractivity contribution >= 4 is 5.78 Å². The lowest BCUT2D eigenvalue weighted by molar-refractivity contribution is 0.0994. The van der Waals surface area contributed by atoms with Gasteiger partial charge >= 0.3 is 0 Å². The van der Waals surface area contributed by atoms with Gasteiger partial charge in [-0.3, -0.25) is 4.79 Å². The second-order valence-corrected chi connectivity index (χ2v) is 6.22. The van der Waals surface area contributed by atoms with Gasteiger partial charge in [0.25, 0.3) is 0 Å². The van der Waals surface area contributed by atoms with Gasteiger partial charge in [0.2, 0.25) is 0 Å². The second kappa shape index (κ2) is 6.47. The Balaban J connectivity index is 1.95. The average Bonchev–Trinajstić information content (AvgIpc) is 3.18.